The van der Waals surface area contributed by atoms with Gasteiger partial charge in [0.2, 0.25) is 0 Å². The zero-order valence-electron chi connectivity index (χ0n) is 10.5. The van der Waals surface area contributed by atoms with E-state index in [1.54, 1.807) is 18.2 Å². The lowest BCUT2D eigenvalue weighted by molar-refractivity contribution is 0.0697. The Balaban J connectivity index is 0.00000147. The van der Waals surface area contributed by atoms with Gasteiger partial charge in [-0.15, -0.1) is 12.4 Å². The zero-order chi connectivity index (χ0) is 13.4. The number of hydrogen-bond acceptors (Lipinski definition) is 2. The number of anilines is 2. The Morgan fingerprint density at radius 3 is 2.75 bits per heavy atom. The average Bonchev–Trinajstić information content (AvgIpc) is 2.81. The van der Waals surface area contributed by atoms with Crippen LogP contribution in [-0.2, 0) is 6.42 Å². The molecule has 3 nitrogen and oxygen atoms in total. The van der Waals surface area contributed by atoms with Gasteiger partial charge >= 0.3 is 5.97 Å². The third kappa shape index (κ3) is 2.67. The van der Waals surface area contributed by atoms with Gasteiger partial charge in [0.1, 0.15) is 0 Å². The lowest BCUT2D eigenvalue weighted by Gasteiger charge is -2.20. The summed E-state index contributed by atoms with van der Waals surface area (Å²) in [6.07, 6.45) is 0.978. The predicted octanol–water partition coefficient (Wildman–Crippen LogP) is 4.26. The largest absolute Gasteiger partial charge is 0.478 e. The minimum absolute atomic E-state index is 0. The van der Waals surface area contributed by atoms with E-state index < -0.39 is 5.97 Å². The second-order valence-electron chi connectivity index (χ2n) is 4.53. The van der Waals surface area contributed by atoms with Crippen LogP contribution in [0.3, 0.4) is 0 Å². The summed E-state index contributed by atoms with van der Waals surface area (Å²) in [7, 11) is 0. The van der Waals surface area contributed by atoms with Crippen molar-refractivity contribution in [1.82, 2.24) is 0 Å². The maximum Gasteiger partial charge on any atom is 0.335 e. The molecule has 20 heavy (non-hydrogen) atoms. The van der Waals surface area contributed by atoms with Gasteiger partial charge in [-0.2, -0.15) is 0 Å². The standard InChI is InChI=1S/C15H12BrNO2.ClH/c16-12-4-5-14-10(8-12)6-7-17(14)13-3-1-2-11(9-13)15(18)19;/h1-5,8-9H,6-7H2,(H,18,19);1H. The highest BCUT2D eigenvalue weighted by molar-refractivity contribution is 9.10. The van der Waals surface area contributed by atoms with Gasteiger partial charge in [0.25, 0.3) is 0 Å². The molecule has 2 aromatic rings. The number of carboxylic acid groups (broad SMARTS) is 1. The van der Waals surface area contributed by atoms with Gasteiger partial charge in [0.05, 0.1) is 5.56 Å². The molecule has 2 aromatic carbocycles. The topological polar surface area (TPSA) is 40.5 Å². The molecule has 0 radical (unpaired) electrons. The van der Waals surface area contributed by atoms with Gasteiger partial charge in [-0.05, 0) is 48.4 Å². The smallest absolute Gasteiger partial charge is 0.335 e. The van der Waals surface area contributed by atoms with Crippen molar-refractivity contribution in [3.8, 4) is 0 Å². The quantitative estimate of drug-likeness (QED) is 0.876. The number of carbonyl (C=O) groups is 1. The Morgan fingerprint density at radius 2 is 2.00 bits per heavy atom. The molecule has 0 saturated heterocycles. The Morgan fingerprint density at radius 1 is 1.20 bits per heavy atom. The SMILES string of the molecule is Cl.O=C(O)c1cccc(N2CCc3cc(Br)ccc32)c1. The third-order valence-electron chi connectivity index (χ3n) is 3.34. The summed E-state index contributed by atoms with van der Waals surface area (Å²) in [6.45, 7) is 0.884. The lowest BCUT2D eigenvalue weighted by Crippen LogP contribution is -2.13. The minimum Gasteiger partial charge on any atom is -0.478 e. The molecule has 1 N–H and O–H groups in total. The summed E-state index contributed by atoms with van der Waals surface area (Å²) in [4.78, 5) is 13.2. The number of rotatable bonds is 2. The number of hydrogen-bond donors (Lipinski definition) is 1. The van der Waals surface area contributed by atoms with Gasteiger partial charge in [-0.25, -0.2) is 4.79 Å². The highest BCUT2D eigenvalue weighted by atomic mass is 79.9. The van der Waals surface area contributed by atoms with Crippen LogP contribution in [0.5, 0.6) is 0 Å². The van der Waals surface area contributed by atoms with E-state index in [0.29, 0.717) is 5.56 Å². The van der Waals surface area contributed by atoms with E-state index in [9.17, 15) is 4.79 Å². The molecular formula is C15H13BrClNO2. The Hall–Kier alpha value is -1.52. The first-order valence-corrected chi connectivity index (χ1v) is 6.84. The second kappa shape index (κ2) is 5.85. The number of fused-ring (bicyclic) bond motifs is 1. The molecule has 0 aromatic heterocycles. The minimum atomic E-state index is -0.892. The first kappa shape index (κ1) is 14.9. The maximum atomic E-state index is 11.0. The molecule has 0 saturated carbocycles. The molecule has 1 aliphatic heterocycles. The van der Waals surface area contributed by atoms with Crippen molar-refractivity contribution in [2.45, 2.75) is 6.42 Å². The number of benzene rings is 2. The first-order chi connectivity index (χ1) is 9.15. The van der Waals surface area contributed by atoms with Crippen LogP contribution >= 0.6 is 28.3 Å². The van der Waals surface area contributed by atoms with Crippen molar-refractivity contribution < 1.29 is 9.90 Å². The number of carboxylic acids is 1. The van der Waals surface area contributed by atoms with Crippen LogP contribution in [0.1, 0.15) is 15.9 Å². The van der Waals surface area contributed by atoms with E-state index in [1.165, 1.54) is 5.56 Å². The summed E-state index contributed by atoms with van der Waals surface area (Å²) < 4.78 is 1.08. The molecule has 5 heteroatoms. The van der Waals surface area contributed by atoms with Crippen molar-refractivity contribution in [2.75, 3.05) is 11.4 Å². The van der Waals surface area contributed by atoms with E-state index in [1.807, 2.05) is 12.1 Å². The van der Waals surface area contributed by atoms with Gasteiger partial charge in [0, 0.05) is 22.4 Å². The molecule has 3 rings (SSSR count). The molecule has 0 aliphatic carbocycles. The van der Waals surface area contributed by atoms with Crippen LogP contribution in [-0.4, -0.2) is 17.6 Å². The van der Waals surface area contributed by atoms with Crippen LogP contribution < -0.4 is 4.90 Å². The zero-order valence-corrected chi connectivity index (χ0v) is 12.9. The van der Waals surface area contributed by atoms with Crippen molar-refractivity contribution in [3.05, 3.63) is 58.1 Å². The fourth-order valence-electron chi connectivity index (χ4n) is 2.45. The van der Waals surface area contributed by atoms with E-state index in [0.717, 1.165) is 28.8 Å². The molecule has 1 aliphatic rings. The molecule has 0 unspecified atom stereocenters. The molecule has 0 fully saturated rings. The Labute approximate surface area is 131 Å². The molecular weight excluding hydrogens is 342 g/mol. The number of halogens is 2. The average molecular weight is 355 g/mol. The third-order valence-corrected chi connectivity index (χ3v) is 3.84. The van der Waals surface area contributed by atoms with Gasteiger partial charge in [-0.3, -0.25) is 0 Å². The summed E-state index contributed by atoms with van der Waals surface area (Å²) in [5, 5.41) is 9.06. The molecule has 0 atom stereocenters. The van der Waals surface area contributed by atoms with Gasteiger partial charge < -0.3 is 10.0 Å². The lowest BCUT2D eigenvalue weighted by atomic mass is 10.1. The van der Waals surface area contributed by atoms with Crippen molar-refractivity contribution in [2.24, 2.45) is 0 Å². The Kier molecular flexibility index (Phi) is 4.35. The fourth-order valence-corrected chi connectivity index (χ4v) is 2.85. The van der Waals surface area contributed by atoms with Crippen LogP contribution in [0, 0.1) is 0 Å². The number of nitrogens with zero attached hydrogens (tertiary/aromatic N) is 1. The summed E-state index contributed by atoms with van der Waals surface area (Å²) in [5.74, 6) is -0.892. The summed E-state index contributed by atoms with van der Waals surface area (Å²) in [5.41, 5.74) is 3.70. The van der Waals surface area contributed by atoms with Crippen LogP contribution in [0.2, 0.25) is 0 Å². The number of aromatic carboxylic acids is 1. The first-order valence-electron chi connectivity index (χ1n) is 6.04. The van der Waals surface area contributed by atoms with Gasteiger partial charge in [0.15, 0.2) is 0 Å². The van der Waals surface area contributed by atoms with Gasteiger partial charge in [-0.1, -0.05) is 22.0 Å². The summed E-state index contributed by atoms with van der Waals surface area (Å²) >= 11 is 3.48. The molecule has 104 valence electrons. The van der Waals surface area contributed by atoms with E-state index in [-0.39, 0.29) is 12.4 Å². The predicted molar refractivity (Wildman–Crippen MR) is 85.5 cm³/mol. The van der Waals surface area contributed by atoms with Crippen LogP contribution in [0.4, 0.5) is 11.4 Å². The Bertz CT molecular complexity index is 660. The highest BCUT2D eigenvalue weighted by Gasteiger charge is 2.21. The summed E-state index contributed by atoms with van der Waals surface area (Å²) in [6, 6.07) is 13.3. The molecule has 1 heterocycles. The fraction of sp³-hybridized carbons (Fsp3) is 0.133. The van der Waals surface area contributed by atoms with Crippen molar-refractivity contribution in [3.63, 3.8) is 0 Å². The van der Waals surface area contributed by atoms with Crippen LogP contribution in [0.15, 0.2) is 46.9 Å². The normalized spacial score (nSPS) is 12.8. The second-order valence-corrected chi connectivity index (χ2v) is 5.45. The maximum absolute atomic E-state index is 11.0. The molecule has 0 spiro atoms. The molecule has 0 amide bonds. The van der Waals surface area contributed by atoms with E-state index in [2.05, 4.69) is 33.0 Å². The monoisotopic (exact) mass is 353 g/mol. The van der Waals surface area contributed by atoms with E-state index >= 15 is 0 Å². The highest BCUT2D eigenvalue weighted by Crippen LogP contribution is 2.36. The van der Waals surface area contributed by atoms with Crippen LogP contribution in [0.25, 0.3) is 0 Å². The van der Waals surface area contributed by atoms with Crippen molar-refractivity contribution in [1.29, 1.82) is 0 Å². The molecule has 0 bridgehead atoms. The van der Waals surface area contributed by atoms with E-state index in [4.69, 9.17) is 5.11 Å². The van der Waals surface area contributed by atoms with Crippen molar-refractivity contribution >= 4 is 45.7 Å².